The molecule has 0 saturated heterocycles. The molecular formula is C22H29NO2. The predicted molar refractivity (Wildman–Crippen MR) is 102 cm³/mol. The molecule has 0 atom stereocenters. The monoisotopic (exact) mass is 339 g/mol. The molecule has 0 radical (unpaired) electrons. The molecule has 0 aromatic heterocycles. The van der Waals surface area contributed by atoms with Gasteiger partial charge in [0.1, 0.15) is 0 Å². The fourth-order valence-corrected chi connectivity index (χ4v) is 2.64. The number of ether oxygens (including phenoxy) is 1. The van der Waals surface area contributed by atoms with Crippen LogP contribution in [0.4, 0.5) is 0 Å². The number of aryl methyl sites for hydroxylation is 1. The van der Waals surface area contributed by atoms with Crippen LogP contribution in [0.25, 0.3) is 0 Å². The lowest BCUT2D eigenvalue weighted by molar-refractivity contribution is -0.121. The fourth-order valence-electron chi connectivity index (χ4n) is 2.64. The van der Waals surface area contributed by atoms with Gasteiger partial charge < -0.3 is 10.1 Å². The molecule has 0 spiro atoms. The Morgan fingerprint density at radius 2 is 1.48 bits per heavy atom. The Morgan fingerprint density at radius 3 is 2.04 bits per heavy atom. The minimum atomic E-state index is 0.0841. The molecule has 0 heterocycles. The first-order valence-electron chi connectivity index (χ1n) is 8.81. The third-order valence-electron chi connectivity index (χ3n) is 4.28. The van der Waals surface area contributed by atoms with Gasteiger partial charge in [0.2, 0.25) is 5.91 Å². The van der Waals surface area contributed by atoms with E-state index < -0.39 is 0 Å². The summed E-state index contributed by atoms with van der Waals surface area (Å²) in [6, 6.07) is 16.7. The number of nitrogens with one attached hydrogen (secondary N) is 1. The van der Waals surface area contributed by atoms with Crippen molar-refractivity contribution in [3.8, 4) is 0 Å². The number of carbonyl (C=O) groups is 1. The van der Waals surface area contributed by atoms with Crippen molar-refractivity contribution in [1.82, 2.24) is 5.32 Å². The van der Waals surface area contributed by atoms with Gasteiger partial charge in [0, 0.05) is 20.1 Å². The van der Waals surface area contributed by atoms with Gasteiger partial charge >= 0.3 is 0 Å². The van der Waals surface area contributed by atoms with E-state index in [1.807, 2.05) is 24.3 Å². The number of rotatable bonds is 7. The number of amides is 1. The van der Waals surface area contributed by atoms with E-state index in [0.29, 0.717) is 19.6 Å². The van der Waals surface area contributed by atoms with Gasteiger partial charge in [-0.05, 0) is 34.1 Å². The molecule has 25 heavy (non-hydrogen) atoms. The van der Waals surface area contributed by atoms with Crippen LogP contribution in [-0.2, 0) is 34.5 Å². The maximum atomic E-state index is 12.1. The maximum Gasteiger partial charge on any atom is 0.220 e. The van der Waals surface area contributed by atoms with Crippen LogP contribution in [0.3, 0.4) is 0 Å². The van der Waals surface area contributed by atoms with Crippen LogP contribution in [-0.4, -0.2) is 13.0 Å². The van der Waals surface area contributed by atoms with Crippen molar-refractivity contribution >= 4 is 5.91 Å². The van der Waals surface area contributed by atoms with Gasteiger partial charge in [-0.25, -0.2) is 0 Å². The first-order chi connectivity index (χ1) is 11.9. The fraction of sp³-hybridized carbons (Fsp3) is 0.409. The van der Waals surface area contributed by atoms with E-state index in [2.05, 4.69) is 50.4 Å². The molecule has 0 saturated carbocycles. The first-order valence-corrected chi connectivity index (χ1v) is 8.81. The minimum Gasteiger partial charge on any atom is -0.380 e. The highest BCUT2D eigenvalue weighted by Crippen LogP contribution is 2.22. The summed E-state index contributed by atoms with van der Waals surface area (Å²) in [5.74, 6) is 0.0841. The van der Waals surface area contributed by atoms with Gasteiger partial charge in [0.15, 0.2) is 0 Å². The lowest BCUT2D eigenvalue weighted by Crippen LogP contribution is -2.23. The molecule has 3 heteroatoms. The maximum absolute atomic E-state index is 12.1. The molecule has 0 unspecified atom stereocenters. The molecule has 2 rings (SSSR count). The minimum absolute atomic E-state index is 0.0841. The van der Waals surface area contributed by atoms with E-state index in [1.165, 1.54) is 11.1 Å². The highest BCUT2D eigenvalue weighted by molar-refractivity contribution is 5.76. The van der Waals surface area contributed by atoms with Crippen molar-refractivity contribution in [2.75, 3.05) is 7.11 Å². The second kappa shape index (κ2) is 8.82. The second-order valence-electron chi connectivity index (χ2n) is 7.47. The van der Waals surface area contributed by atoms with Crippen LogP contribution in [0.15, 0.2) is 48.5 Å². The van der Waals surface area contributed by atoms with Gasteiger partial charge in [-0.2, -0.15) is 0 Å². The molecule has 1 amide bonds. The summed E-state index contributed by atoms with van der Waals surface area (Å²) < 4.78 is 5.10. The first kappa shape index (κ1) is 19.2. The summed E-state index contributed by atoms with van der Waals surface area (Å²) in [4.78, 5) is 12.1. The van der Waals surface area contributed by atoms with Crippen molar-refractivity contribution in [3.05, 3.63) is 70.8 Å². The Morgan fingerprint density at radius 1 is 0.920 bits per heavy atom. The zero-order valence-corrected chi connectivity index (χ0v) is 15.8. The topological polar surface area (TPSA) is 38.3 Å². The van der Waals surface area contributed by atoms with Gasteiger partial charge in [-0.15, -0.1) is 0 Å². The van der Waals surface area contributed by atoms with Crippen molar-refractivity contribution in [2.45, 2.75) is 52.2 Å². The molecule has 0 aliphatic heterocycles. The van der Waals surface area contributed by atoms with Crippen molar-refractivity contribution in [1.29, 1.82) is 0 Å². The summed E-state index contributed by atoms with van der Waals surface area (Å²) in [5.41, 5.74) is 4.91. The average molecular weight is 339 g/mol. The van der Waals surface area contributed by atoms with E-state index in [1.54, 1.807) is 7.11 Å². The molecular weight excluding hydrogens is 310 g/mol. The van der Waals surface area contributed by atoms with Crippen LogP contribution in [0, 0.1) is 0 Å². The quantitative estimate of drug-likeness (QED) is 0.813. The molecule has 2 aromatic rings. The Bertz CT molecular complexity index is 667. The third kappa shape index (κ3) is 6.35. The number of hydrogen-bond acceptors (Lipinski definition) is 2. The average Bonchev–Trinajstić information content (AvgIpc) is 2.59. The predicted octanol–water partition coefficient (Wildman–Crippen LogP) is 4.38. The lowest BCUT2D eigenvalue weighted by atomic mass is 9.86. The van der Waals surface area contributed by atoms with Crippen molar-refractivity contribution in [2.24, 2.45) is 0 Å². The third-order valence-corrected chi connectivity index (χ3v) is 4.28. The Kier molecular flexibility index (Phi) is 6.77. The molecule has 0 aliphatic carbocycles. The Labute approximate surface area is 151 Å². The van der Waals surface area contributed by atoms with Gasteiger partial charge in [0.05, 0.1) is 6.61 Å². The van der Waals surface area contributed by atoms with E-state index in [9.17, 15) is 4.79 Å². The van der Waals surface area contributed by atoms with E-state index in [-0.39, 0.29) is 11.3 Å². The number of benzene rings is 2. The number of hydrogen-bond donors (Lipinski definition) is 1. The van der Waals surface area contributed by atoms with E-state index in [0.717, 1.165) is 17.5 Å². The highest BCUT2D eigenvalue weighted by atomic mass is 16.5. The van der Waals surface area contributed by atoms with Crippen LogP contribution in [0.1, 0.15) is 49.4 Å². The van der Waals surface area contributed by atoms with Crippen LogP contribution in [0.5, 0.6) is 0 Å². The number of methoxy groups -OCH3 is 1. The highest BCUT2D eigenvalue weighted by Gasteiger charge is 2.12. The summed E-state index contributed by atoms with van der Waals surface area (Å²) in [7, 11) is 1.69. The lowest BCUT2D eigenvalue weighted by Gasteiger charge is -2.19. The summed E-state index contributed by atoms with van der Waals surface area (Å²) in [6.07, 6.45) is 1.28. The Hall–Kier alpha value is -2.13. The largest absolute Gasteiger partial charge is 0.380 e. The summed E-state index contributed by atoms with van der Waals surface area (Å²) in [5, 5.41) is 2.99. The van der Waals surface area contributed by atoms with Gasteiger partial charge in [-0.1, -0.05) is 69.3 Å². The molecule has 0 aliphatic rings. The summed E-state index contributed by atoms with van der Waals surface area (Å²) >= 11 is 0. The zero-order valence-electron chi connectivity index (χ0n) is 15.8. The SMILES string of the molecule is COCc1ccc(CNC(=O)CCc2ccc(C(C)(C)C)cc2)cc1. The van der Waals surface area contributed by atoms with Crippen LogP contribution in [0.2, 0.25) is 0 Å². The molecule has 0 bridgehead atoms. The normalized spacial score (nSPS) is 11.4. The molecule has 134 valence electrons. The molecule has 2 aromatic carbocycles. The van der Waals surface area contributed by atoms with Crippen LogP contribution >= 0.6 is 0 Å². The molecule has 1 N–H and O–H groups in total. The van der Waals surface area contributed by atoms with Gasteiger partial charge in [-0.3, -0.25) is 4.79 Å². The molecule has 3 nitrogen and oxygen atoms in total. The zero-order chi connectivity index (χ0) is 18.3. The molecule has 0 fully saturated rings. The van der Waals surface area contributed by atoms with Crippen molar-refractivity contribution in [3.63, 3.8) is 0 Å². The second-order valence-corrected chi connectivity index (χ2v) is 7.47. The van der Waals surface area contributed by atoms with Gasteiger partial charge in [0.25, 0.3) is 0 Å². The number of carbonyl (C=O) groups excluding carboxylic acids is 1. The standard InChI is InChI=1S/C22H29NO2/c1-22(2,3)20-12-9-17(10-13-20)11-14-21(24)23-15-18-5-7-19(8-6-18)16-25-4/h5-10,12-13H,11,14-16H2,1-4H3,(H,23,24). The summed E-state index contributed by atoms with van der Waals surface area (Å²) in [6.45, 7) is 7.79. The van der Waals surface area contributed by atoms with E-state index in [4.69, 9.17) is 4.74 Å². The smallest absolute Gasteiger partial charge is 0.220 e. The van der Waals surface area contributed by atoms with E-state index >= 15 is 0 Å². The Balaban J connectivity index is 1.77. The van der Waals surface area contributed by atoms with Crippen molar-refractivity contribution < 1.29 is 9.53 Å². The van der Waals surface area contributed by atoms with Crippen LogP contribution < -0.4 is 5.32 Å².